The highest BCUT2D eigenvalue weighted by Gasteiger charge is 2.06. The summed E-state index contributed by atoms with van der Waals surface area (Å²) in [6.07, 6.45) is 0.664. The van der Waals surface area contributed by atoms with Gasteiger partial charge in [0.2, 0.25) is 0 Å². The van der Waals surface area contributed by atoms with Crippen LogP contribution in [-0.2, 0) is 6.42 Å². The smallest absolute Gasteiger partial charge is 0.119 e. The molecule has 1 aromatic carbocycles. The van der Waals surface area contributed by atoms with E-state index in [0.717, 1.165) is 5.75 Å². The van der Waals surface area contributed by atoms with Gasteiger partial charge in [0.15, 0.2) is 0 Å². The van der Waals surface area contributed by atoms with E-state index in [-0.39, 0.29) is 0 Å². The number of thiocarbonyl (C=S) groups is 1. The molecule has 0 aliphatic heterocycles. The van der Waals surface area contributed by atoms with E-state index in [1.54, 1.807) is 7.11 Å². The largest absolute Gasteiger partial charge is 0.497 e. The highest BCUT2D eigenvalue weighted by atomic mass is 32.1. The summed E-state index contributed by atoms with van der Waals surface area (Å²) in [5.74, 6) is 0.881. The van der Waals surface area contributed by atoms with E-state index in [1.165, 1.54) is 16.7 Å². The molecule has 0 heterocycles. The summed E-state index contributed by atoms with van der Waals surface area (Å²) in [4.78, 5) is 0.529. The van der Waals surface area contributed by atoms with Crippen molar-refractivity contribution in [3.8, 4) is 5.75 Å². The maximum Gasteiger partial charge on any atom is 0.119 e. The second kappa shape index (κ2) is 4.42. The van der Waals surface area contributed by atoms with Crippen molar-refractivity contribution in [3.05, 3.63) is 28.8 Å². The maximum absolute atomic E-state index is 5.53. The molecule has 0 atom stereocenters. The first-order valence-corrected chi connectivity index (χ1v) is 4.88. The number of ether oxygens (including phenoxy) is 1. The summed E-state index contributed by atoms with van der Waals surface area (Å²) in [5, 5.41) is 0. The van der Waals surface area contributed by atoms with Crippen molar-refractivity contribution in [1.29, 1.82) is 0 Å². The molecule has 1 rings (SSSR count). The molecule has 0 aromatic heterocycles. The standard InChI is InChI=1S/C11H15NOS/c1-7-4-9(13-3)5-8(2)10(7)6-11(12)14/h4-5H,6H2,1-3H3,(H2,12,14). The molecule has 1 aromatic rings. The Balaban J connectivity index is 3.11. The van der Waals surface area contributed by atoms with Crippen molar-refractivity contribution >= 4 is 17.2 Å². The average molecular weight is 209 g/mol. The molecule has 0 radical (unpaired) electrons. The minimum Gasteiger partial charge on any atom is -0.497 e. The monoisotopic (exact) mass is 209 g/mol. The lowest BCUT2D eigenvalue weighted by molar-refractivity contribution is 0.414. The second-order valence-corrected chi connectivity index (χ2v) is 3.91. The van der Waals surface area contributed by atoms with Crippen molar-refractivity contribution in [1.82, 2.24) is 0 Å². The van der Waals surface area contributed by atoms with Crippen molar-refractivity contribution < 1.29 is 4.74 Å². The van der Waals surface area contributed by atoms with E-state index < -0.39 is 0 Å². The van der Waals surface area contributed by atoms with Crippen LogP contribution in [-0.4, -0.2) is 12.1 Å². The molecule has 76 valence electrons. The third kappa shape index (κ3) is 2.45. The number of benzene rings is 1. The van der Waals surface area contributed by atoms with Crippen LogP contribution >= 0.6 is 12.2 Å². The molecule has 0 bridgehead atoms. The number of methoxy groups -OCH3 is 1. The van der Waals surface area contributed by atoms with Gasteiger partial charge in [0.1, 0.15) is 5.75 Å². The summed E-state index contributed by atoms with van der Waals surface area (Å²) in [7, 11) is 1.67. The molecular formula is C11H15NOS. The fourth-order valence-corrected chi connectivity index (χ4v) is 1.67. The van der Waals surface area contributed by atoms with Crippen LogP contribution in [0.5, 0.6) is 5.75 Å². The van der Waals surface area contributed by atoms with Gasteiger partial charge in [0.25, 0.3) is 0 Å². The first-order chi connectivity index (χ1) is 6.54. The first-order valence-electron chi connectivity index (χ1n) is 4.47. The fourth-order valence-electron chi connectivity index (χ4n) is 1.52. The van der Waals surface area contributed by atoms with Crippen LogP contribution in [0.25, 0.3) is 0 Å². The van der Waals surface area contributed by atoms with Gasteiger partial charge in [-0.25, -0.2) is 0 Å². The second-order valence-electron chi connectivity index (χ2n) is 3.38. The topological polar surface area (TPSA) is 35.2 Å². The summed E-state index contributed by atoms with van der Waals surface area (Å²) in [6, 6.07) is 4.00. The van der Waals surface area contributed by atoms with Gasteiger partial charge >= 0.3 is 0 Å². The zero-order valence-corrected chi connectivity index (χ0v) is 9.57. The summed E-state index contributed by atoms with van der Waals surface area (Å²) in [6.45, 7) is 4.09. The van der Waals surface area contributed by atoms with E-state index in [1.807, 2.05) is 26.0 Å². The van der Waals surface area contributed by atoms with E-state index in [9.17, 15) is 0 Å². The molecule has 0 aliphatic carbocycles. The molecule has 2 nitrogen and oxygen atoms in total. The predicted octanol–water partition coefficient (Wildman–Crippen LogP) is 2.14. The van der Waals surface area contributed by atoms with Gasteiger partial charge in [-0.1, -0.05) is 12.2 Å². The molecule has 0 amide bonds. The van der Waals surface area contributed by atoms with Gasteiger partial charge in [-0.05, 0) is 42.7 Å². The van der Waals surface area contributed by atoms with Crippen molar-refractivity contribution in [2.75, 3.05) is 7.11 Å². The third-order valence-corrected chi connectivity index (χ3v) is 2.40. The highest BCUT2D eigenvalue weighted by molar-refractivity contribution is 7.80. The Hall–Kier alpha value is -1.09. The van der Waals surface area contributed by atoms with E-state index in [0.29, 0.717) is 11.4 Å². The van der Waals surface area contributed by atoms with Gasteiger partial charge < -0.3 is 10.5 Å². The van der Waals surface area contributed by atoms with Crippen molar-refractivity contribution in [2.24, 2.45) is 5.73 Å². The molecule has 3 heteroatoms. The van der Waals surface area contributed by atoms with Crippen LogP contribution in [0.4, 0.5) is 0 Å². The molecule has 0 unspecified atom stereocenters. The third-order valence-electron chi connectivity index (χ3n) is 2.26. The molecule has 2 N–H and O–H groups in total. The number of hydrogen-bond acceptors (Lipinski definition) is 2. The zero-order valence-electron chi connectivity index (χ0n) is 8.76. The SMILES string of the molecule is COc1cc(C)c(CC(N)=S)c(C)c1. The van der Waals surface area contributed by atoms with Crippen molar-refractivity contribution in [2.45, 2.75) is 20.3 Å². The number of nitrogens with two attached hydrogens (primary N) is 1. The average Bonchev–Trinajstić information content (AvgIpc) is 2.10. The summed E-state index contributed by atoms with van der Waals surface area (Å²) in [5.41, 5.74) is 9.09. The van der Waals surface area contributed by atoms with E-state index >= 15 is 0 Å². The minimum absolute atomic E-state index is 0.529. The number of rotatable bonds is 3. The Labute approximate surface area is 90.1 Å². The van der Waals surface area contributed by atoms with Gasteiger partial charge in [-0.15, -0.1) is 0 Å². The highest BCUT2D eigenvalue weighted by Crippen LogP contribution is 2.21. The number of hydrogen-bond donors (Lipinski definition) is 1. The minimum atomic E-state index is 0.529. The first kappa shape index (κ1) is 11.0. The normalized spacial score (nSPS) is 9.93. The van der Waals surface area contributed by atoms with Crippen LogP contribution in [0.15, 0.2) is 12.1 Å². The summed E-state index contributed by atoms with van der Waals surface area (Å²) >= 11 is 4.90. The van der Waals surface area contributed by atoms with Crippen molar-refractivity contribution in [3.63, 3.8) is 0 Å². The summed E-state index contributed by atoms with van der Waals surface area (Å²) < 4.78 is 5.17. The van der Waals surface area contributed by atoms with Crippen LogP contribution in [0.3, 0.4) is 0 Å². The van der Waals surface area contributed by atoms with Gasteiger partial charge in [0.05, 0.1) is 12.1 Å². The quantitative estimate of drug-likeness (QED) is 0.775. The molecule has 0 aliphatic rings. The Morgan fingerprint density at radius 1 is 1.36 bits per heavy atom. The molecule has 0 saturated heterocycles. The molecule has 14 heavy (non-hydrogen) atoms. The van der Waals surface area contributed by atoms with Crippen LogP contribution in [0.2, 0.25) is 0 Å². The van der Waals surface area contributed by atoms with E-state index in [2.05, 4.69) is 0 Å². The molecule has 0 fully saturated rings. The lowest BCUT2D eigenvalue weighted by Crippen LogP contribution is -2.13. The maximum atomic E-state index is 5.53. The molecular weight excluding hydrogens is 194 g/mol. The molecule has 0 saturated carbocycles. The van der Waals surface area contributed by atoms with Crippen LogP contribution < -0.4 is 10.5 Å². The fraction of sp³-hybridized carbons (Fsp3) is 0.364. The van der Waals surface area contributed by atoms with Gasteiger partial charge in [-0.2, -0.15) is 0 Å². The van der Waals surface area contributed by atoms with Gasteiger partial charge in [0, 0.05) is 6.42 Å². The Morgan fingerprint density at radius 3 is 2.21 bits per heavy atom. The lowest BCUT2D eigenvalue weighted by Gasteiger charge is -2.11. The predicted molar refractivity (Wildman–Crippen MR) is 63.0 cm³/mol. The Kier molecular flexibility index (Phi) is 3.47. The van der Waals surface area contributed by atoms with Crippen LogP contribution in [0, 0.1) is 13.8 Å². The number of aryl methyl sites for hydroxylation is 2. The zero-order chi connectivity index (χ0) is 10.7. The Morgan fingerprint density at radius 2 is 1.86 bits per heavy atom. The molecule has 0 spiro atoms. The van der Waals surface area contributed by atoms with Gasteiger partial charge in [-0.3, -0.25) is 0 Å². The Bertz CT molecular complexity index is 337. The lowest BCUT2D eigenvalue weighted by atomic mass is 9.99. The van der Waals surface area contributed by atoms with Crippen LogP contribution in [0.1, 0.15) is 16.7 Å². The van der Waals surface area contributed by atoms with E-state index in [4.69, 9.17) is 22.7 Å².